The molecule has 21 heavy (non-hydrogen) atoms. The number of anilines is 1. The Morgan fingerprint density at radius 2 is 1.76 bits per heavy atom. The van der Waals surface area contributed by atoms with Gasteiger partial charge in [-0.3, -0.25) is 0 Å². The highest BCUT2D eigenvalue weighted by atomic mass is 19.4. The first-order valence-corrected chi connectivity index (χ1v) is 6.57. The largest absolute Gasteiger partial charge is 0.416 e. The molecule has 0 spiro atoms. The number of carbonyl (C=O) groups excluding carboxylic acids is 1. The zero-order valence-corrected chi connectivity index (χ0v) is 12.3. The lowest BCUT2D eigenvalue weighted by Crippen LogP contribution is -2.53. The summed E-state index contributed by atoms with van der Waals surface area (Å²) in [5.41, 5.74) is 4.65. The van der Waals surface area contributed by atoms with Crippen LogP contribution in [0.5, 0.6) is 0 Å². The van der Waals surface area contributed by atoms with Crippen LogP contribution < -0.4 is 11.1 Å². The van der Waals surface area contributed by atoms with Gasteiger partial charge < -0.3 is 16.0 Å². The Morgan fingerprint density at radius 3 is 2.14 bits per heavy atom. The van der Waals surface area contributed by atoms with Crippen LogP contribution in [0.1, 0.15) is 26.3 Å². The van der Waals surface area contributed by atoms with Crippen LogP contribution in [0.25, 0.3) is 0 Å². The Kier molecular flexibility index (Phi) is 5.22. The monoisotopic (exact) mass is 303 g/mol. The van der Waals surface area contributed by atoms with Crippen molar-refractivity contribution in [3.63, 3.8) is 0 Å². The van der Waals surface area contributed by atoms with Crippen molar-refractivity contribution in [2.75, 3.05) is 18.4 Å². The van der Waals surface area contributed by atoms with Gasteiger partial charge in [-0.2, -0.15) is 13.2 Å². The first kappa shape index (κ1) is 17.3. The Bertz CT molecular complexity index is 483. The number of nitrogens with two attached hydrogens (primary N) is 1. The SMILES string of the molecule is CCN(C(=O)Nc1ccc(C(F)(F)F)cc1)C(C)(C)CN. The van der Waals surface area contributed by atoms with Crippen molar-refractivity contribution in [3.8, 4) is 0 Å². The zero-order valence-electron chi connectivity index (χ0n) is 12.3. The maximum absolute atomic E-state index is 12.5. The van der Waals surface area contributed by atoms with Gasteiger partial charge >= 0.3 is 12.2 Å². The second-order valence-electron chi connectivity index (χ2n) is 5.27. The third-order valence-electron chi connectivity index (χ3n) is 3.26. The highest BCUT2D eigenvalue weighted by Crippen LogP contribution is 2.29. The van der Waals surface area contributed by atoms with Crippen molar-refractivity contribution in [2.24, 2.45) is 5.73 Å². The molecule has 1 aromatic carbocycles. The van der Waals surface area contributed by atoms with E-state index >= 15 is 0 Å². The van der Waals surface area contributed by atoms with Gasteiger partial charge in [0.1, 0.15) is 0 Å². The van der Waals surface area contributed by atoms with Gasteiger partial charge in [-0.05, 0) is 45.0 Å². The van der Waals surface area contributed by atoms with Crippen molar-refractivity contribution in [3.05, 3.63) is 29.8 Å². The van der Waals surface area contributed by atoms with Crippen molar-refractivity contribution >= 4 is 11.7 Å². The number of alkyl halides is 3. The maximum atomic E-state index is 12.5. The number of nitrogens with one attached hydrogen (secondary N) is 1. The normalized spacial score (nSPS) is 12.1. The van der Waals surface area contributed by atoms with E-state index in [1.165, 1.54) is 17.0 Å². The number of amides is 2. The molecule has 7 heteroatoms. The predicted octanol–water partition coefficient (Wildman–Crippen LogP) is 3.30. The summed E-state index contributed by atoms with van der Waals surface area (Å²) in [7, 11) is 0. The highest BCUT2D eigenvalue weighted by molar-refractivity contribution is 5.89. The van der Waals surface area contributed by atoms with E-state index in [4.69, 9.17) is 5.73 Å². The molecule has 0 bridgehead atoms. The van der Waals surface area contributed by atoms with E-state index in [0.29, 0.717) is 12.2 Å². The van der Waals surface area contributed by atoms with Gasteiger partial charge in [-0.25, -0.2) is 4.79 Å². The first-order valence-electron chi connectivity index (χ1n) is 6.57. The van der Waals surface area contributed by atoms with Gasteiger partial charge in [0.15, 0.2) is 0 Å². The summed E-state index contributed by atoms with van der Waals surface area (Å²) in [5.74, 6) is 0. The van der Waals surface area contributed by atoms with E-state index < -0.39 is 23.3 Å². The molecule has 3 N–H and O–H groups in total. The second-order valence-corrected chi connectivity index (χ2v) is 5.27. The van der Waals surface area contributed by atoms with Gasteiger partial charge in [0, 0.05) is 18.8 Å². The van der Waals surface area contributed by atoms with Crippen LogP contribution in [0.3, 0.4) is 0 Å². The fourth-order valence-corrected chi connectivity index (χ4v) is 1.89. The summed E-state index contributed by atoms with van der Waals surface area (Å²) in [6.45, 7) is 6.17. The molecule has 0 saturated carbocycles. The van der Waals surface area contributed by atoms with Gasteiger partial charge in [0.25, 0.3) is 0 Å². The Hall–Kier alpha value is -1.76. The molecule has 2 amide bonds. The molecule has 118 valence electrons. The summed E-state index contributed by atoms with van der Waals surface area (Å²) in [4.78, 5) is 13.7. The molecule has 4 nitrogen and oxygen atoms in total. The summed E-state index contributed by atoms with van der Waals surface area (Å²) >= 11 is 0. The van der Waals surface area contributed by atoms with E-state index in [1.54, 1.807) is 0 Å². The van der Waals surface area contributed by atoms with E-state index in [2.05, 4.69) is 5.32 Å². The van der Waals surface area contributed by atoms with Gasteiger partial charge in [-0.1, -0.05) is 0 Å². The third kappa shape index (κ3) is 4.35. The van der Waals surface area contributed by atoms with E-state index in [-0.39, 0.29) is 6.54 Å². The third-order valence-corrected chi connectivity index (χ3v) is 3.26. The van der Waals surface area contributed by atoms with Crippen LogP contribution in [0.2, 0.25) is 0 Å². The number of benzene rings is 1. The topological polar surface area (TPSA) is 58.4 Å². The van der Waals surface area contributed by atoms with Crippen molar-refractivity contribution < 1.29 is 18.0 Å². The quantitative estimate of drug-likeness (QED) is 0.896. The number of hydrogen-bond acceptors (Lipinski definition) is 2. The van der Waals surface area contributed by atoms with Crippen LogP contribution in [-0.2, 0) is 6.18 Å². The van der Waals surface area contributed by atoms with Crippen molar-refractivity contribution in [1.82, 2.24) is 4.90 Å². The van der Waals surface area contributed by atoms with Gasteiger partial charge in [-0.15, -0.1) is 0 Å². The van der Waals surface area contributed by atoms with Gasteiger partial charge in [0.05, 0.1) is 11.1 Å². The smallest absolute Gasteiger partial charge is 0.328 e. The molecule has 0 aliphatic heterocycles. The van der Waals surface area contributed by atoms with Crippen molar-refractivity contribution in [2.45, 2.75) is 32.5 Å². The average Bonchev–Trinajstić information content (AvgIpc) is 2.38. The molecule has 1 aromatic rings. The number of carbonyl (C=O) groups is 1. The van der Waals surface area contributed by atoms with E-state index in [0.717, 1.165) is 12.1 Å². The van der Waals surface area contributed by atoms with E-state index in [9.17, 15) is 18.0 Å². The minimum absolute atomic E-state index is 0.279. The van der Waals surface area contributed by atoms with E-state index in [1.807, 2.05) is 20.8 Å². The average molecular weight is 303 g/mol. The molecule has 0 unspecified atom stereocenters. The lowest BCUT2D eigenvalue weighted by atomic mass is 10.0. The number of urea groups is 1. The number of nitrogens with zero attached hydrogens (tertiary/aromatic N) is 1. The van der Waals surface area contributed by atoms with Crippen LogP contribution >= 0.6 is 0 Å². The van der Waals surface area contributed by atoms with Crippen molar-refractivity contribution in [1.29, 1.82) is 0 Å². The van der Waals surface area contributed by atoms with Crippen LogP contribution in [0.15, 0.2) is 24.3 Å². The number of hydrogen-bond donors (Lipinski definition) is 2. The Labute approximate surface area is 122 Å². The second kappa shape index (κ2) is 6.34. The minimum atomic E-state index is -4.39. The first-order chi connectivity index (χ1) is 9.61. The predicted molar refractivity (Wildman–Crippen MR) is 76.0 cm³/mol. The van der Waals surface area contributed by atoms with Crippen LogP contribution in [-0.4, -0.2) is 29.6 Å². The summed E-state index contributed by atoms with van der Waals surface area (Å²) < 4.78 is 37.4. The summed E-state index contributed by atoms with van der Waals surface area (Å²) in [5, 5.41) is 2.58. The summed E-state index contributed by atoms with van der Waals surface area (Å²) in [6, 6.07) is 3.92. The number of likely N-dealkylation sites (N-methyl/N-ethyl adjacent to an activating group) is 1. The molecular formula is C14H20F3N3O. The fraction of sp³-hybridized carbons (Fsp3) is 0.500. The van der Waals surface area contributed by atoms with Crippen LogP contribution in [0, 0.1) is 0 Å². The Morgan fingerprint density at radius 1 is 1.24 bits per heavy atom. The lowest BCUT2D eigenvalue weighted by molar-refractivity contribution is -0.137. The number of halogens is 3. The molecule has 0 heterocycles. The Balaban J connectivity index is 2.83. The summed E-state index contributed by atoms with van der Waals surface area (Å²) in [6.07, 6.45) is -4.39. The number of rotatable bonds is 4. The molecule has 0 saturated heterocycles. The van der Waals surface area contributed by atoms with Gasteiger partial charge in [0.2, 0.25) is 0 Å². The molecular weight excluding hydrogens is 283 g/mol. The molecule has 0 aromatic heterocycles. The molecule has 0 aliphatic rings. The molecule has 0 atom stereocenters. The molecule has 0 fully saturated rings. The molecule has 0 radical (unpaired) electrons. The standard InChI is InChI=1S/C14H20F3N3O/c1-4-20(13(2,3)9-18)12(21)19-11-7-5-10(6-8-11)14(15,16)17/h5-8H,4,9,18H2,1-3H3,(H,19,21). The lowest BCUT2D eigenvalue weighted by Gasteiger charge is -2.36. The minimum Gasteiger partial charge on any atom is -0.328 e. The highest BCUT2D eigenvalue weighted by Gasteiger charge is 2.31. The fourth-order valence-electron chi connectivity index (χ4n) is 1.89. The molecule has 1 rings (SSSR count). The maximum Gasteiger partial charge on any atom is 0.416 e. The van der Waals surface area contributed by atoms with Crippen LogP contribution in [0.4, 0.5) is 23.7 Å². The molecule has 0 aliphatic carbocycles. The zero-order chi connectivity index (χ0) is 16.3.